The predicted molar refractivity (Wildman–Crippen MR) is 80.6 cm³/mol. The summed E-state index contributed by atoms with van der Waals surface area (Å²) in [6.45, 7) is 3.62. The number of hydrogen-bond acceptors (Lipinski definition) is 3. The third-order valence-corrected chi connectivity index (χ3v) is 6.83. The first kappa shape index (κ1) is 15.2. The van der Waals surface area contributed by atoms with Crippen LogP contribution in [-0.2, 0) is 9.84 Å². The number of rotatable bonds is 4. The van der Waals surface area contributed by atoms with Gasteiger partial charge < -0.3 is 0 Å². The van der Waals surface area contributed by atoms with Crippen LogP contribution in [-0.4, -0.2) is 24.7 Å². The molecule has 0 N–H and O–H groups in total. The lowest BCUT2D eigenvalue weighted by atomic mass is 9.90. The first-order valence-electron chi connectivity index (χ1n) is 7.25. The van der Waals surface area contributed by atoms with Crippen molar-refractivity contribution < 1.29 is 13.2 Å². The number of Topliss-reactive ketones (excluding diaryl/α,β-unsaturated/α-hetero) is 1. The molecule has 1 aliphatic rings. The molecule has 0 aromatic heterocycles. The van der Waals surface area contributed by atoms with Crippen LogP contribution in [0.5, 0.6) is 0 Å². The van der Waals surface area contributed by atoms with E-state index in [1.54, 1.807) is 24.3 Å². The standard InChI is InChI=1S/C16H22O3S/c1-12-7-6-10-15(11-12)20(18,19)13(2)16(17)14-8-4-3-5-9-14/h3-5,8-9,12-13,15H,6-7,10-11H2,1-2H3. The number of carbonyl (C=O) groups excluding carboxylic acids is 1. The molecule has 20 heavy (non-hydrogen) atoms. The van der Waals surface area contributed by atoms with Crippen LogP contribution in [0.25, 0.3) is 0 Å². The van der Waals surface area contributed by atoms with Crippen LogP contribution in [0.3, 0.4) is 0 Å². The molecular weight excluding hydrogens is 272 g/mol. The van der Waals surface area contributed by atoms with Gasteiger partial charge in [-0.15, -0.1) is 0 Å². The second-order valence-corrected chi connectivity index (χ2v) is 8.41. The van der Waals surface area contributed by atoms with Gasteiger partial charge in [0.1, 0.15) is 5.25 Å². The van der Waals surface area contributed by atoms with Gasteiger partial charge in [0.05, 0.1) is 5.25 Å². The molecule has 3 unspecified atom stereocenters. The van der Waals surface area contributed by atoms with Crippen molar-refractivity contribution in [3.05, 3.63) is 35.9 Å². The molecule has 2 rings (SSSR count). The number of ketones is 1. The monoisotopic (exact) mass is 294 g/mol. The van der Waals surface area contributed by atoms with Crippen LogP contribution >= 0.6 is 0 Å². The Balaban J connectivity index is 2.19. The summed E-state index contributed by atoms with van der Waals surface area (Å²) in [6.07, 6.45) is 3.41. The first-order chi connectivity index (χ1) is 9.43. The van der Waals surface area contributed by atoms with Crippen molar-refractivity contribution >= 4 is 15.6 Å². The summed E-state index contributed by atoms with van der Waals surface area (Å²) in [5.74, 6) is 0.145. The highest BCUT2D eigenvalue weighted by atomic mass is 32.2. The Kier molecular flexibility index (Phi) is 4.63. The van der Waals surface area contributed by atoms with Gasteiger partial charge in [0.2, 0.25) is 0 Å². The minimum absolute atomic E-state index is 0.288. The van der Waals surface area contributed by atoms with E-state index in [0.29, 0.717) is 24.3 Å². The van der Waals surface area contributed by atoms with Gasteiger partial charge in [-0.2, -0.15) is 0 Å². The van der Waals surface area contributed by atoms with Gasteiger partial charge in [-0.25, -0.2) is 8.42 Å². The average Bonchev–Trinajstić information content (AvgIpc) is 2.46. The van der Waals surface area contributed by atoms with E-state index in [2.05, 4.69) is 6.92 Å². The summed E-state index contributed by atoms with van der Waals surface area (Å²) in [7, 11) is -3.39. The molecule has 1 aromatic rings. The fourth-order valence-corrected chi connectivity index (χ4v) is 5.06. The zero-order valence-corrected chi connectivity index (χ0v) is 12.9. The van der Waals surface area contributed by atoms with E-state index < -0.39 is 15.1 Å². The van der Waals surface area contributed by atoms with Gasteiger partial charge in [0.15, 0.2) is 15.6 Å². The lowest BCUT2D eigenvalue weighted by Gasteiger charge is -2.28. The Morgan fingerprint density at radius 3 is 2.45 bits per heavy atom. The molecule has 1 fully saturated rings. The maximum absolute atomic E-state index is 12.6. The largest absolute Gasteiger partial charge is 0.293 e. The van der Waals surface area contributed by atoms with Crippen LogP contribution < -0.4 is 0 Å². The number of sulfone groups is 1. The number of hydrogen-bond donors (Lipinski definition) is 0. The summed E-state index contributed by atoms with van der Waals surface area (Å²) in [4.78, 5) is 12.3. The molecule has 3 nitrogen and oxygen atoms in total. The molecule has 0 heterocycles. The van der Waals surface area contributed by atoms with E-state index in [4.69, 9.17) is 0 Å². The Morgan fingerprint density at radius 2 is 1.85 bits per heavy atom. The van der Waals surface area contributed by atoms with Gasteiger partial charge in [-0.05, 0) is 25.7 Å². The van der Waals surface area contributed by atoms with Gasteiger partial charge in [-0.3, -0.25) is 4.79 Å². The van der Waals surface area contributed by atoms with Gasteiger partial charge in [-0.1, -0.05) is 50.1 Å². The quantitative estimate of drug-likeness (QED) is 0.801. The normalized spacial score (nSPS) is 25.1. The molecule has 110 valence electrons. The van der Waals surface area contributed by atoms with Crippen LogP contribution in [0.4, 0.5) is 0 Å². The zero-order chi connectivity index (χ0) is 14.8. The van der Waals surface area contributed by atoms with Crippen LogP contribution in [0.1, 0.15) is 49.9 Å². The smallest absolute Gasteiger partial charge is 0.180 e. The lowest BCUT2D eigenvalue weighted by molar-refractivity contribution is 0.0991. The Hall–Kier alpha value is -1.16. The lowest BCUT2D eigenvalue weighted by Crippen LogP contribution is -2.38. The highest BCUT2D eigenvalue weighted by molar-refractivity contribution is 7.93. The number of benzene rings is 1. The van der Waals surface area contributed by atoms with Gasteiger partial charge in [0.25, 0.3) is 0 Å². The predicted octanol–water partition coefficient (Wildman–Crippen LogP) is 3.25. The highest BCUT2D eigenvalue weighted by Crippen LogP contribution is 2.31. The maximum Gasteiger partial charge on any atom is 0.180 e. The molecule has 4 heteroatoms. The van der Waals surface area contributed by atoms with Crippen molar-refractivity contribution in [1.82, 2.24) is 0 Å². The fraction of sp³-hybridized carbons (Fsp3) is 0.562. The minimum atomic E-state index is -3.39. The summed E-state index contributed by atoms with van der Waals surface area (Å²) >= 11 is 0. The molecule has 0 amide bonds. The molecule has 0 aliphatic heterocycles. The molecule has 1 saturated carbocycles. The summed E-state index contributed by atoms with van der Waals surface area (Å²) in [5.41, 5.74) is 0.479. The SMILES string of the molecule is CC1CCCC(S(=O)(=O)C(C)C(=O)c2ccccc2)C1. The average molecular weight is 294 g/mol. The molecule has 0 radical (unpaired) electrons. The van der Waals surface area contributed by atoms with E-state index in [1.165, 1.54) is 6.92 Å². The van der Waals surface area contributed by atoms with Crippen LogP contribution in [0, 0.1) is 5.92 Å². The first-order valence-corrected chi connectivity index (χ1v) is 8.86. The third kappa shape index (κ3) is 3.11. The second kappa shape index (κ2) is 6.08. The summed E-state index contributed by atoms with van der Waals surface area (Å²) in [5, 5.41) is -1.30. The van der Waals surface area contributed by atoms with E-state index >= 15 is 0 Å². The molecular formula is C16H22O3S. The molecule has 0 saturated heterocycles. The van der Waals surface area contributed by atoms with E-state index in [0.717, 1.165) is 12.8 Å². The maximum atomic E-state index is 12.6. The third-order valence-electron chi connectivity index (χ3n) is 4.27. The second-order valence-electron chi connectivity index (χ2n) is 5.86. The fourth-order valence-electron chi connectivity index (χ4n) is 2.95. The van der Waals surface area contributed by atoms with E-state index in [-0.39, 0.29) is 11.0 Å². The van der Waals surface area contributed by atoms with Crippen LogP contribution in [0.2, 0.25) is 0 Å². The molecule has 0 bridgehead atoms. The van der Waals surface area contributed by atoms with Crippen molar-refractivity contribution in [2.24, 2.45) is 5.92 Å². The van der Waals surface area contributed by atoms with Crippen molar-refractivity contribution in [2.45, 2.75) is 50.0 Å². The molecule has 1 aliphatic carbocycles. The summed E-state index contributed by atoms with van der Waals surface area (Å²) < 4.78 is 25.3. The van der Waals surface area contributed by atoms with E-state index in [9.17, 15) is 13.2 Å². The molecule has 0 spiro atoms. The number of carbonyl (C=O) groups is 1. The summed E-state index contributed by atoms with van der Waals surface area (Å²) in [6, 6.07) is 8.69. The molecule has 1 aromatic carbocycles. The highest BCUT2D eigenvalue weighted by Gasteiger charge is 2.37. The van der Waals surface area contributed by atoms with Crippen molar-refractivity contribution in [3.63, 3.8) is 0 Å². The van der Waals surface area contributed by atoms with Gasteiger partial charge in [0, 0.05) is 5.56 Å². The van der Waals surface area contributed by atoms with Crippen molar-refractivity contribution in [3.8, 4) is 0 Å². The Bertz CT molecular complexity index is 563. The topological polar surface area (TPSA) is 51.2 Å². The minimum Gasteiger partial charge on any atom is -0.293 e. The molecule has 3 atom stereocenters. The van der Waals surface area contributed by atoms with Crippen LogP contribution in [0.15, 0.2) is 30.3 Å². The van der Waals surface area contributed by atoms with Crippen molar-refractivity contribution in [2.75, 3.05) is 0 Å². The van der Waals surface area contributed by atoms with Crippen molar-refractivity contribution in [1.29, 1.82) is 0 Å². The van der Waals surface area contributed by atoms with E-state index in [1.807, 2.05) is 6.07 Å². The Labute approximate surface area is 121 Å². The van der Waals surface area contributed by atoms with Gasteiger partial charge >= 0.3 is 0 Å². The zero-order valence-electron chi connectivity index (χ0n) is 12.1. The Morgan fingerprint density at radius 1 is 1.20 bits per heavy atom.